The molecule has 0 aromatic heterocycles. The Morgan fingerprint density at radius 1 is 0.706 bits per heavy atom. The number of benzene rings is 3. The van der Waals surface area contributed by atoms with Crippen molar-refractivity contribution >= 4 is 6.16 Å². The smallest absolute Gasteiger partial charge is 0.503 e. The summed E-state index contributed by atoms with van der Waals surface area (Å²) in [6.45, 7) is 7.10. The van der Waals surface area contributed by atoms with Crippen LogP contribution in [0, 0.1) is 11.3 Å². The topological polar surface area (TPSA) is 118 Å². The van der Waals surface area contributed by atoms with E-state index < -0.39 is 6.16 Å². The van der Waals surface area contributed by atoms with Crippen molar-refractivity contribution < 1.29 is 30.3 Å². The van der Waals surface area contributed by atoms with Crippen molar-refractivity contribution in [3.8, 4) is 17.2 Å². The van der Waals surface area contributed by atoms with E-state index in [9.17, 15) is 5.11 Å². The molecule has 1 saturated carbocycles. The van der Waals surface area contributed by atoms with Crippen molar-refractivity contribution in [1.82, 2.24) is 0 Å². The third kappa shape index (κ3) is 13.0. The number of phenols is 3. The van der Waals surface area contributed by atoms with Crippen LogP contribution >= 0.6 is 0 Å². The molecule has 0 bridgehead atoms. The van der Waals surface area contributed by atoms with E-state index in [1.165, 1.54) is 24.8 Å². The Labute approximate surface area is 201 Å². The number of phenolic OH excluding ortho intramolecular Hbond substituents is 3. The maximum absolute atomic E-state index is 9.31. The fourth-order valence-corrected chi connectivity index (χ4v) is 4.20. The minimum atomic E-state index is -1.83. The van der Waals surface area contributed by atoms with Crippen LogP contribution in [0.25, 0.3) is 0 Å². The maximum atomic E-state index is 9.31. The molecule has 0 amide bonds. The average Bonchev–Trinajstić information content (AvgIpc) is 2.74. The van der Waals surface area contributed by atoms with Gasteiger partial charge in [0.2, 0.25) is 0 Å². The molecule has 2 unspecified atom stereocenters. The van der Waals surface area contributed by atoms with Crippen LogP contribution in [-0.4, -0.2) is 31.7 Å². The Bertz CT molecular complexity index is 898. The number of aromatic hydroxyl groups is 3. The quantitative estimate of drug-likeness (QED) is 0.255. The van der Waals surface area contributed by atoms with Crippen LogP contribution < -0.4 is 0 Å². The lowest BCUT2D eigenvalue weighted by atomic mass is 9.66. The molecular formula is C28H36O6. The largest absolute Gasteiger partial charge is 0.508 e. The molecule has 6 heteroatoms. The fourth-order valence-electron chi connectivity index (χ4n) is 4.20. The first-order chi connectivity index (χ1) is 16.0. The number of para-hydroxylation sites is 2. The first-order valence-electron chi connectivity index (χ1n) is 11.2. The van der Waals surface area contributed by atoms with Crippen LogP contribution in [0.3, 0.4) is 0 Å². The summed E-state index contributed by atoms with van der Waals surface area (Å²) in [7, 11) is 0. The minimum Gasteiger partial charge on any atom is -0.508 e. The van der Waals surface area contributed by atoms with Gasteiger partial charge in [-0.1, -0.05) is 69.3 Å². The number of hydrogen-bond donors (Lipinski definition) is 5. The molecule has 0 spiro atoms. The van der Waals surface area contributed by atoms with Crippen molar-refractivity contribution in [2.45, 2.75) is 46.0 Å². The predicted octanol–water partition coefficient (Wildman–Crippen LogP) is 7.33. The second-order valence-corrected chi connectivity index (χ2v) is 9.16. The third-order valence-electron chi connectivity index (χ3n) is 5.26. The molecule has 0 saturated heterocycles. The van der Waals surface area contributed by atoms with Gasteiger partial charge in [-0.25, -0.2) is 4.79 Å². The maximum Gasteiger partial charge on any atom is 0.503 e. The van der Waals surface area contributed by atoms with Gasteiger partial charge < -0.3 is 25.5 Å². The van der Waals surface area contributed by atoms with Crippen molar-refractivity contribution in [1.29, 1.82) is 0 Å². The van der Waals surface area contributed by atoms with Crippen LogP contribution in [0.15, 0.2) is 84.9 Å². The van der Waals surface area contributed by atoms with Crippen LogP contribution in [-0.2, 0) is 0 Å². The van der Waals surface area contributed by atoms with Gasteiger partial charge >= 0.3 is 6.16 Å². The first kappa shape index (κ1) is 28.4. The molecule has 1 aliphatic carbocycles. The van der Waals surface area contributed by atoms with Crippen LogP contribution in [0.4, 0.5) is 4.79 Å². The zero-order valence-corrected chi connectivity index (χ0v) is 20.0. The average molecular weight is 469 g/mol. The minimum absolute atomic E-state index is 0.322. The second kappa shape index (κ2) is 14.5. The molecule has 6 nitrogen and oxygen atoms in total. The lowest BCUT2D eigenvalue weighted by Crippen LogP contribution is -2.26. The van der Waals surface area contributed by atoms with Crippen molar-refractivity contribution in [2.75, 3.05) is 0 Å². The van der Waals surface area contributed by atoms with Gasteiger partial charge in [0.15, 0.2) is 0 Å². The van der Waals surface area contributed by atoms with Crippen molar-refractivity contribution in [3.63, 3.8) is 0 Å². The van der Waals surface area contributed by atoms with Gasteiger partial charge in [-0.05, 0) is 78.5 Å². The summed E-state index contributed by atoms with van der Waals surface area (Å²) in [5, 5.41) is 40.5. The zero-order chi connectivity index (χ0) is 25.6. The molecule has 3 aromatic carbocycles. The predicted molar refractivity (Wildman–Crippen MR) is 135 cm³/mol. The highest BCUT2D eigenvalue weighted by molar-refractivity contribution is 5.53. The molecule has 5 N–H and O–H groups in total. The number of carboxylic acid groups (broad SMARTS) is 2. The Balaban J connectivity index is 0.000000266. The number of carbonyl (C=O) groups is 1. The zero-order valence-electron chi connectivity index (χ0n) is 20.0. The van der Waals surface area contributed by atoms with E-state index in [2.05, 4.69) is 32.9 Å². The molecule has 0 aliphatic heterocycles. The van der Waals surface area contributed by atoms with Gasteiger partial charge in [0.1, 0.15) is 17.2 Å². The second-order valence-electron chi connectivity index (χ2n) is 9.16. The molecule has 0 heterocycles. The summed E-state index contributed by atoms with van der Waals surface area (Å²) in [5.74, 6) is 2.48. The summed E-state index contributed by atoms with van der Waals surface area (Å²) >= 11 is 0. The Morgan fingerprint density at radius 3 is 1.41 bits per heavy atom. The SMILES string of the molecule is CC1CC(c2ccc(O)cc2)CC(C)(C)C1.O=C(O)O.Oc1ccccc1.Oc1ccccc1. The van der Waals surface area contributed by atoms with Gasteiger partial charge in [-0.3, -0.25) is 0 Å². The molecule has 184 valence electrons. The van der Waals surface area contributed by atoms with Gasteiger partial charge in [0, 0.05) is 0 Å². The first-order valence-corrected chi connectivity index (χ1v) is 11.2. The Kier molecular flexibility index (Phi) is 12.1. The lowest BCUT2D eigenvalue weighted by Gasteiger charge is -2.39. The molecule has 1 aliphatic rings. The Morgan fingerprint density at radius 2 is 1.09 bits per heavy atom. The third-order valence-corrected chi connectivity index (χ3v) is 5.26. The molecule has 4 rings (SSSR count). The van der Waals surface area contributed by atoms with Gasteiger partial charge in [-0.15, -0.1) is 0 Å². The highest BCUT2D eigenvalue weighted by Crippen LogP contribution is 2.46. The van der Waals surface area contributed by atoms with E-state index in [-0.39, 0.29) is 0 Å². The molecule has 3 aromatic rings. The molecular weight excluding hydrogens is 432 g/mol. The lowest BCUT2D eigenvalue weighted by molar-refractivity contribution is 0.137. The summed E-state index contributed by atoms with van der Waals surface area (Å²) in [6.07, 6.45) is 2.05. The van der Waals surface area contributed by atoms with Crippen LogP contribution in [0.2, 0.25) is 0 Å². The normalized spacial score (nSPS) is 17.9. The van der Waals surface area contributed by atoms with E-state index in [1.54, 1.807) is 48.5 Å². The molecule has 1 fully saturated rings. The van der Waals surface area contributed by atoms with Crippen LogP contribution in [0.5, 0.6) is 17.2 Å². The van der Waals surface area contributed by atoms with E-state index in [4.69, 9.17) is 25.2 Å². The summed E-state index contributed by atoms with van der Waals surface area (Å²) in [4.78, 5) is 8.56. The summed E-state index contributed by atoms with van der Waals surface area (Å²) in [6, 6.07) is 25.2. The Hall–Kier alpha value is -3.67. The monoisotopic (exact) mass is 468 g/mol. The number of rotatable bonds is 1. The summed E-state index contributed by atoms with van der Waals surface area (Å²) < 4.78 is 0. The van der Waals surface area contributed by atoms with E-state index in [0.29, 0.717) is 28.6 Å². The highest BCUT2D eigenvalue weighted by Gasteiger charge is 2.32. The van der Waals surface area contributed by atoms with E-state index in [1.807, 2.05) is 24.3 Å². The summed E-state index contributed by atoms with van der Waals surface area (Å²) in [5.41, 5.74) is 1.85. The van der Waals surface area contributed by atoms with Gasteiger partial charge in [-0.2, -0.15) is 0 Å². The van der Waals surface area contributed by atoms with Crippen LogP contribution in [0.1, 0.15) is 51.5 Å². The van der Waals surface area contributed by atoms with Crippen molar-refractivity contribution in [3.05, 3.63) is 90.5 Å². The van der Waals surface area contributed by atoms with Crippen molar-refractivity contribution in [2.24, 2.45) is 11.3 Å². The molecule has 0 radical (unpaired) electrons. The van der Waals surface area contributed by atoms with E-state index >= 15 is 0 Å². The standard InChI is InChI=1S/C15H22O.2C6H6O.CH2O3/c1-11-8-13(10-15(2,3)9-11)12-4-6-14(16)7-5-12;2*7-6-4-2-1-3-5-6;2-1(3)4/h4-7,11,13,16H,8-10H2,1-3H3;2*1-5,7H;(H2,2,3,4). The molecule has 2 atom stereocenters. The fraction of sp³-hybridized carbons (Fsp3) is 0.321. The van der Waals surface area contributed by atoms with Gasteiger partial charge in [0.25, 0.3) is 0 Å². The number of hydrogen-bond acceptors (Lipinski definition) is 4. The van der Waals surface area contributed by atoms with Gasteiger partial charge in [0.05, 0.1) is 0 Å². The highest BCUT2D eigenvalue weighted by atomic mass is 16.6. The van der Waals surface area contributed by atoms with E-state index in [0.717, 1.165) is 5.92 Å². The molecule has 34 heavy (non-hydrogen) atoms.